The number of benzene rings is 3. The van der Waals surface area contributed by atoms with E-state index in [0.717, 1.165) is 25.7 Å². The Bertz CT molecular complexity index is 1010. The molecule has 0 amide bonds. The van der Waals surface area contributed by atoms with Crippen LogP contribution in [0.2, 0.25) is 0 Å². The number of thiophene rings is 1. The second-order valence-electron chi connectivity index (χ2n) is 5.05. The molecule has 0 atom stereocenters. The van der Waals surface area contributed by atoms with E-state index in [0.29, 0.717) is 5.56 Å². The van der Waals surface area contributed by atoms with Gasteiger partial charge in [-0.1, -0.05) is 48.5 Å². The average Bonchev–Trinajstić information content (AvgIpc) is 2.93. The standard InChI is InChI=1S/C18H11NO2S/c20-19(21)14-10-11-16-18(13-8-4-5-9-15(13)22-16)17(14)12-6-2-1-3-7-12/h1-11H. The third-order valence-electron chi connectivity index (χ3n) is 3.78. The van der Waals surface area contributed by atoms with Crippen molar-refractivity contribution in [3.8, 4) is 11.1 Å². The zero-order valence-corrected chi connectivity index (χ0v) is 12.3. The summed E-state index contributed by atoms with van der Waals surface area (Å²) in [6.07, 6.45) is 0. The van der Waals surface area contributed by atoms with Crippen molar-refractivity contribution in [2.75, 3.05) is 0 Å². The van der Waals surface area contributed by atoms with Crippen LogP contribution in [-0.4, -0.2) is 4.92 Å². The minimum Gasteiger partial charge on any atom is -0.258 e. The van der Waals surface area contributed by atoms with Crippen LogP contribution in [0.5, 0.6) is 0 Å². The van der Waals surface area contributed by atoms with Crippen LogP contribution < -0.4 is 0 Å². The van der Waals surface area contributed by atoms with Gasteiger partial charge in [0.05, 0.1) is 10.5 Å². The van der Waals surface area contributed by atoms with Crippen molar-refractivity contribution in [3.05, 3.63) is 76.8 Å². The number of nitro groups is 1. The fraction of sp³-hybridized carbons (Fsp3) is 0. The lowest BCUT2D eigenvalue weighted by atomic mass is 9.98. The normalized spacial score (nSPS) is 11.1. The first kappa shape index (κ1) is 13.0. The summed E-state index contributed by atoms with van der Waals surface area (Å²) >= 11 is 1.67. The van der Waals surface area contributed by atoms with Gasteiger partial charge in [0.1, 0.15) is 0 Å². The Hall–Kier alpha value is -2.72. The quantitative estimate of drug-likeness (QED) is 0.356. The molecule has 0 saturated carbocycles. The van der Waals surface area contributed by atoms with Gasteiger partial charge in [0, 0.05) is 26.2 Å². The van der Waals surface area contributed by atoms with Crippen LogP contribution in [0.1, 0.15) is 0 Å². The number of nitrogens with zero attached hydrogens (tertiary/aromatic N) is 1. The lowest BCUT2D eigenvalue weighted by Crippen LogP contribution is -1.92. The summed E-state index contributed by atoms with van der Waals surface area (Å²) in [5.74, 6) is 0. The molecule has 0 spiro atoms. The predicted octanol–water partition coefficient (Wildman–Crippen LogP) is 5.63. The number of fused-ring (bicyclic) bond motifs is 3. The Labute approximate surface area is 130 Å². The highest BCUT2D eigenvalue weighted by Crippen LogP contribution is 2.44. The molecule has 1 aromatic heterocycles. The highest BCUT2D eigenvalue weighted by molar-refractivity contribution is 7.26. The fourth-order valence-corrected chi connectivity index (χ4v) is 3.97. The van der Waals surface area contributed by atoms with Crippen molar-refractivity contribution < 1.29 is 4.92 Å². The van der Waals surface area contributed by atoms with Gasteiger partial charge in [-0.15, -0.1) is 11.3 Å². The van der Waals surface area contributed by atoms with Crippen molar-refractivity contribution in [1.82, 2.24) is 0 Å². The van der Waals surface area contributed by atoms with Crippen LogP contribution in [0.4, 0.5) is 5.69 Å². The summed E-state index contributed by atoms with van der Waals surface area (Å²) in [6, 6.07) is 21.1. The molecular weight excluding hydrogens is 294 g/mol. The molecule has 0 fully saturated rings. The topological polar surface area (TPSA) is 43.1 Å². The third-order valence-corrected chi connectivity index (χ3v) is 4.92. The average molecular weight is 305 g/mol. The maximum Gasteiger partial charge on any atom is 0.277 e. The van der Waals surface area contributed by atoms with Gasteiger partial charge in [0.15, 0.2) is 0 Å². The van der Waals surface area contributed by atoms with Crippen molar-refractivity contribution in [3.63, 3.8) is 0 Å². The van der Waals surface area contributed by atoms with Crippen molar-refractivity contribution in [2.24, 2.45) is 0 Å². The first-order chi connectivity index (χ1) is 10.8. The Kier molecular flexibility index (Phi) is 2.91. The van der Waals surface area contributed by atoms with E-state index in [4.69, 9.17) is 0 Å². The molecule has 1 heterocycles. The zero-order valence-electron chi connectivity index (χ0n) is 11.5. The molecule has 4 heteroatoms. The number of hydrogen-bond donors (Lipinski definition) is 0. The Morgan fingerprint density at radius 2 is 1.55 bits per heavy atom. The molecule has 4 rings (SSSR count). The molecule has 0 unspecified atom stereocenters. The van der Waals surface area contributed by atoms with Gasteiger partial charge in [0.25, 0.3) is 5.69 Å². The van der Waals surface area contributed by atoms with E-state index in [9.17, 15) is 10.1 Å². The molecule has 0 aliphatic rings. The molecule has 106 valence electrons. The Morgan fingerprint density at radius 1 is 0.818 bits per heavy atom. The second kappa shape index (κ2) is 4.93. The van der Waals surface area contributed by atoms with E-state index >= 15 is 0 Å². The molecule has 4 aromatic rings. The first-order valence-electron chi connectivity index (χ1n) is 6.90. The Morgan fingerprint density at radius 3 is 2.32 bits per heavy atom. The maximum atomic E-state index is 11.5. The van der Waals surface area contributed by atoms with Crippen LogP contribution in [-0.2, 0) is 0 Å². The fourth-order valence-electron chi connectivity index (χ4n) is 2.85. The summed E-state index contributed by atoms with van der Waals surface area (Å²) in [6.45, 7) is 0. The van der Waals surface area contributed by atoms with Crippen molar-refractivity contribution in [1.29, 1.82) is 0 Å². The number of nitro benzene ring substituents is 1. The molecule has 0 aliphatic heterocycles. The van der Waals surface area contributed by atoms with E-state index in [2.05, 4.69) is 6.07 Å². The van der Waals surface area contributed by atoms with Crippen LogP contribution in [0, 0.1) is 10.1 Å². The molecule has 22 heavy (non-hydrogen) atoms. The van der Waals surface area contributed by atoms with Crippen molar-refractivity contribution in [2.45, 2.75) is 0 Å². The van der Waals surface area contributed by atoms with Crippen LogP contribution in [0.3, 0.4) is 0 Å². The molecule has 0 bridgehead atoms. The van der Waals surface area contributed by atoms with Gasteiger partial charge in [-0.3, -0.25) is 10.1 Å². The Balaban J connectivity index is 2.23. The van der Waals surface area contributed by atoms with E-state index in [-0.39, 0.29) is 10.6 Å². The number of hydrogen-bond acceptors (Lipinski definition) is 3. The van der Waals surface area contributed by atoms with E-state index in [1.165, 1.54) is 0 Å². The molecule has 0 N–H and O–H groups in total. The van der Waals surface area contributed by atoms with Gasteiger partial charge < -0.3 is 0 Å². The monoisotopic (exact) mass is 305 g/mol. The highest BCUT2D eigenvalue weighted by atomic mass is 32.1. The zero-order chi connectivity index (χ0) is 15.1. The van der Waals surface area contributed by atoms with Gasteiger partial charge in [-0.25, -0.2) is 0 Å². The lowest BCUT2D eigenvalue weighted by Gasteiger charge is -2.06. The van der Waals surface area contributed by atoms with Gasteiger partial charge in [0.2, 0.25) is 0 Å². The van der Waals surface area contributed by atoms with Crippen LogP contribution in [0.15, 0.2) is 66.7 Å². The largest absolute Gasteiger partial charge is 0.277 e. The molecule has 0 saturated heterocycles. The third kappa shape index (κ3) is 1.89. The van der Waals surface area contributed by atoms with E-state index in [1.54, 1.807) is 17.4 Å². The van der Waals surface area contributed by atoms with Gasteiger partial charge in [-0.05, 0) is 17.7 Å². The second-order valence-corrected chi connectivity index (χ2v) is 6.14. The molecule has 3 aromatic carbocycles. The number of rotatable bonds is 2. The summed E-state index contributed by atoms with van der Waals surface area (Å²) in [7, 11) is 0. The summed E-state index contributed by atoms with van der Waals surface area (Å²) < 4.78 is 2.22. The smallest absolute Gasteiger partial charge is 0.258 e. The summed E-state index contributed by atoms with van der Waals surface area (Å²) in [4.78, 5) is 11.2. The molecule has 0 aliphatic carbocycles. The highest BCUT2D eigenvalue weighted by Gasteiger charge is 2.21. The SMILES string of the molecule is O=[N+]([O-])c1ccc2sc3ccccc3c2c1-c1ccccc1. The predicted molar refractivity (Wildman–Crippen MR) is 91.4 cm³/mol. The minimum absolute atomic E-state index is 0.155. The van der Waals surface area contributed by atoms with Gasteiger partial charge >= 0.3 is 0 Å². The van der Waals surface area contributed by atoms with E-state index in [1.807, 2.05) is 54.6 Å². The summed E-state index contributed by atoms with van der Waals surface area (Å²) in [5, 5.41) is 13.6. The first-order valence-corrected chi connectivity index (χ1v) is 7.71. The van der Waals surface area contributed by atoms with Crippen molar-refractivity contribution >= 4 is 37.2 Å². The molecule has 0 radical (unpaired) electrons. The van der Waals surface area contributed by atoms with Crippen LogP contribution in [0.25, 0.3) is 31.3 Å². The van der Waals surface area contributed by atoms with Gasteiger partial charge in [-0.2, -0.15) is 0 Å². The lowest BCUT2D eigenvalue weighted by molar-refractivity contribution is -0.384. The summed E-state index contributed by atoms with van der Waals surface area (Å²) in [5.41, 5.74) is 1.74. The minimum atomic E-state index is -0.297. The molecular formula is C18H11NO2S. The van der Waals surface area contributed by atoms with Crippen LogP contribution >= 0.6 is 11.3 Å². The van der Waals surface area contributed by atoms with E-state index < -0.39 is 0 Å². The molecule has 3 nitrogen and oxygen atoms in total. The maximum absolute atomic E-state index is 11.5.